The fraction of sp³-hybridized carbons (Fsp3) is 0.321. The van der Waals surface area contributed by atoms with Crippen LogP contribution in [0.5, 0.6) is 11.5 Å². The molecule has 2 aliphatic rings. The van der Waals surface area contributed by atoms with Crippen LogP contribution in [-0.4, -0.2) is 50.0 Å². The molecule has 8 nitrogen and oxygen atoms in total. The van der Waals surface area contributed by atoms with Gasteiger partial charge in [0.25, 0.3) is 10.0 Å². The zero-order chi connectivity index (χ0) is 31.3. The summed E-state index contributed by atoms with van der Waals surface area (Å²) in [7, 11) is -4.74. The Morgan fingerprint density at radius 1 is 1.07 bits per heavy atom. The molecule has 3 aromatic rings. The first-order valence-electron chi connectivity index (χ1n) is 12.8. The third-order valence-electron chi connectivity index (χ3n) is 7.39. The van der Waals surface area contributed by atoms with Gasteiger partial charge in [-0.15, -0.1) is 0 Å². The number of nitrogens with zero attached hydrogens (tertiary/aromatic N) is 1. The minimum Gasteiger partial charge on any atom is -0.486 e. The summed E-state index contributed by atoms with van der Waals surface area (Å²) in [6.07, 6.45) is -7.22. The smallest absolute Gasteiger partial charge is 0.416 e. The van der Waals surface area contributed by atoms with Crippen molar-refractivity contribution in [1.82, 2.24) is 0 Å². The van der Waals surface area contributed by atoms with Gasteiger partial charge in [-0.25, -0.2) is 12.8 Å². The Morgan fingerprint density at radius 2 is 1.79 bits per heavy atom. The van der Waals surface area contributed by atoms with Crippen molar-refractivity contribution in [2.45, 2.75) is 49.2 Å². The number of anilines is 1. The summed E-state index contributed by atoms with van der Waals surface area (Å²) in [5.74, 6) is -2.73. The molecule has 43 heavy (non-hydrogen) atoms. The van der Waals surface area contributed by atoms with E-state index in [1.807, 2.05) is 0 Å². The quantitative estimate of drug-likeness (QED) is 0.308. The van der Waals surface area contributed by atoms with Crippen molar-refractivity contribution in [3.63, 3.8) is 0 Å². The predicted octanol–water partition coefficient (Wildman–Crippen LogP) is 5.69. The Labute approximate surface area is 241 Å². The normalized spacial score (nSPS) is 22.0. The number of aliphatic hydroxyl groups excluding tert-OH is 1. The Bertz CT molecular complexity index is 1660. The third kappa shape index (κ3) is 6.09. The first kappa shape index (κ1) is 30.5. The van der Waals surface area contributed by atoms with E-state index in [-0.39, 0.29) is 41.8 Å². The van der Waals surface area contributed by atoms with Crippen LogP contribution in [-0.2, 0) is 21.0 Å². The van der Waals surface area contributed by atoms with E-state index in [2.05, 4.69) is 4.74 Å². The summed E-state index contributed by atoms with van der Waals surface area (Å²) < 4.78 is 119. The van der Waals surface area contributed by atoms with Crippen LogP contribution in [0, 0.1) is 11.2 Å². The van der Waals surface area contributed by atoms with Crippen molar-refractivity contribution in [3.8, 4) is 22.6 Å². The van der Waals surface area contributed by atoms with Crippen LogP contribution in [0.15, 0.2) is 65.6 Å². The molecule has 1 unspecified atom stereocenters. The summed E-state index contributed by atoms with van der Waals surface area (Å²) in [5.41, 5.74) is -2.63. The molecule has 0 saturated heterocycles. The summed E-state index contributed by atoms with van der Waals surface area (Å²) in [5, 5.41) is 19.6. The number of rotatable bonds is 8. The van der Waals surface area contributed by atoms with Crippen LogP contribution in [0.3, 0.4) is 0 Å². The minimum absolute atomic E-state index is 0.0188. The standard InChI is InChI=1S/C28H23F6NO7S/c29-18-6-16(7-20(10-18)42-26(30)31)15-4-5-24-23(8-15)35(14-21(41-24)13-27(25(37)38)11-19(36)12-27)43(39,40)22-3-1-2-17(9-22)28(32,33)34/h1-10,19,21,26,36H,11-14H2,(H,37,38). The van der Waals surface area contributed by atoms with Gasteiger partial charge in [-0.3, -0.25) is 9.10 Å². The molecular weight excluding hydrogens is 608 g/mol. The molecule has 1 aliphatic heterocycles. The zero-order valence-electron chi connectivity index (χ0n) is 21.9. The molecular formula is C28H23F6NO7S. The number of fused-ring (bicyclic) bond motifs is 1. The highest BCUT2D eigenvalue weighted by atomic mass is 32.2. The van der Waals surface area contributed by atoms with Gasteiger partial charge in [0.1, 0.15) is 23.4 Å². The molecule has 0 radical (unpaired) electrons. The summed E-state index contributed by atoms with van der Waals surface area (Å²) in [4.78, 5) is 11.3. The Morgan fingerprint density at radius 3 is 2.42 bits per heavy atom. The average molecular weight is 632 g/mol. The third-order valence-corrected chi connectivity index (χ3v) is 9.17. The second-order valence-corrected chi connectivity index (χ2v) is 12.3. The van der Waals surface area contributed by atoms with Crippen molar-refractivity contribution in [2.75, 3.05) is 10.8 Å². The fourth-order valence-corrected chi connectivity index (χ4v) is 6.94. The van der Waals surface area contributed by atoms with E-state index >= 15 is 0 Å². The van der Waals surface area contributed by atoms with Crippen LogP contribution in [0.2, 0.25) is 0 Å². The van der Waals surface area contributed by atoms with E-state index in [0.717, 1.165) is 34.6 Å². The fourth-order valence-electron chi connectivity index (χ4n) is 5.39. The molecule has 230 valence electrons. The van der Waals surface area contributed by atoms with Gasteiger partial charge in [-0.05, 0) is 66.4 Å². The van der Waals surface area contributed by atoms with E-state index in [1.165, 1.54) is 18.2 Å². The van der Waals surface area contributed by atoms with Crippen LogP contribution in [0.4, 0.5) is 32.0 Å². The minimum atomic E-state index is -4.85. The molecule has 1 aliphatic carbocycles. The number of benzene rings is 3. The Kier molecular flexibility index (Phi) is 7.75. The highest BCUT2D eigenvalue weighted by Crippen LogP contribution is 2.48. The van der Waals surface area contributed by atoms with E-state index in [1.54, 1.807) is 0 Å². The SMILES string of the molecule is O=C(O)C1(CC2CN(S(=O)(=O)c3cccc(C(F)(F)F)c3)c3cc(-c4cc(F)cc(OC(F)F)c4)ccc3O2)CC(O)C1. The first-order chi connectivity index (χ1) is 20.1. The van der Waals surface area contributed by atoms with Gasteiger partial charge < -0.3 is 19.7 Å². The van der Waals surface area contributed by atoms with Gasteiger partial charge in [0.15, 0.2) is 0 Å². The zero-order valence-corrected chi connectivity index (χ0v) is 22.7. The molecule has 15 heteroatoms. The van der Waals surface area contributed by atoms with Crippen molar-refractivity contribution >= 4 is 21.7 Å². The largest absolute Gasteiger partial charge is 0.486 e. The number of ether oxygens (including phenoxy) is 2. The number of carboxylic acids is 1. The van der Waals surface area contributed by atoms with Gasteiger partial charge >= 0.3 is 18.8 Å². The Balaban J connectivity index is 1.60. The molecule has 3 aromatic carbocycles. The maximum absolute atomic E-state index is 14.3. The molecule has 1 heterocycles. The summed E-state index contributed by atoms with van der Waals surface area (Å²) in [6.45, 7) is -3.76. The molecule has 2 N–H and O–H groups in total. The second-order valence-electron chi connectivity index (χ2n) is 10.4. The number of sulfonamides is 1. The number of aliphatic hydroxyl groups is 1. The number of hydrogen-bond acceptors (Lipinski definition) is 6. The highest BCUT2D eigenvalue weighted by Gasteiger charge is 2.52. The lowest BCUT2D eigenvalue weighted by Gasteiger charge is -2.45. The van der Waals surface area contributed by atoms with E-state index in [9.17, 15) is 49.8 Å². The number of carbonyl (C=O) groups is 1. The van der Waals surface area contributed by atoms with E-state index in [4.69, 9.17) is 4.74 Å². The molecule has 0 amide bonds. The summed E-state index contributed by atoms with van der Waals surface area (Å²) in [6, 6.07) is 9.77. The molecule has 0 aromatic heterocycles. The van der Waals surface area contributed by atoms with Gasteiger partial charge in [0.2, 0.25) is 0 Å². The van der Waals surface area contributed by atoms with Crippen molar-refractivity contribution in [2.24, 2.45) is 5.41 Å². The first-order valence-corrected chi connectivity index (χ1v) is 14.2. The molecule has 0 bridgehead atoms. The molecule has 0 spiro atoms. The molecule has 1 saturated carbocycles. The average Bonchev–Trinajstić information content (AvgIpc) is 2.90. The van der Waals surface area contributed by atoms with Crippen molar-refractivity contribution in [1.29, 1.82) is 0 Å². The van der Waals surface area contributed by atoms with Crippen LogP contribution in [0.1, 0.15) is 24.8 Å². The number of aliphatic carboxylic acids is 1. The monoisotopic (exact) mass is 631 g/mol. The number of halogens is 6. The van der Waals surface area contributed by atoms with Crippen molar-refractivity contribution < 1.29 is 59.2 Å². The van der Waals surface area contributed by atoms with E-state index in [0.29, 0.717) is 12.1 Å². The molecule has 1 fully saturated rings. The molecule has 1 atom stereocenters. The summed E-state index contributed by atoms with van der Waals surface area (Å²) >= 11 is 0. The van der Waals surface area contributed by atoms with Gasteiger partial charge in [0.05, 0.1) is 34.2 Å². The van der Waals surface area contributed by atoms with Gasteiger partial charge in [-0.1, -0.05) is 12.1 Å². The maximum Gasteiger partial charge on any atom is 0.416 e. The number of carboxylic acid groups (broad SMARTS) is 1. The van der Waals surface area contributed by atoms with Crippen LogP contribution in [0.25, 0.3) is 11.1 Å². The van der Waals surface area contributed by atoms with Crippen molar-refractivity contribution in [3.05, 3.63) is 72.0 Å². The van der Waals surface area contributed by atoms with Gasteiger partial charge in [-0.2, -0.15) is 22.0 Å². The second kappa shape index (κ2) is 10.9. The maximum atomic E-state index is 14.3. The lowest BCUT2D eigenvalue weighted by atomic mass is 9.63. The van der Waals surface area contributed by atoms with E-state index < -0.39 is 75.0 Å². The Hall–Kier alpha value is -3.98. The topological polar surface area (TPSA) is 113 Å². The van der Waals surface area contributed by atoms with Gasteiger partial charge in [0, 0.05) is 12.5 Å². The highest BCUT2D eigenvalue weighted by molar-refractivity contribution is 7.92. The molecule has 5 rings (SSSR count). The lowest BCUT2D eigenvalue weighted by Crippen LogP contribution is -2.52. The lowest BCUT2D eigenvalue weighted by molar-refractivity contribution is -0.166. The number of hydrogen-bond donors (Lipinski definition) is 2. The number of alkyl halides is 5. The predicted molar refractivity (Wildman–Crippen MR) is 139 cm³/mol. The van der Waals surface area contributed by atoms with Crippen LogP contribution < -0.4 is 13.8 Å². The van der Waals surface area contributed by atoms with Crippen LogP contribution >= 0.6 is 0 Å².